The second kappa shape index (κ2) is 5.45. The van der Waals surface area contributed by atoms with E-state index < -0.39 is 0 Å². The van der Waals surface area contributed by atoms with Gasteiger partial charge < -0.3 is 4.74 Å². The molecule has 0 heterocycles. The molecule has 0 fully saturated rings. The molecule has 1 nitrogen and oxygen atoms in total. The van der Waals surface area contributed by atoms with Crippen molar-refractivity contribution in [3.63, 3.8) is 0 Å². The molecule has 2 aromatic carbocycles. The molecule has 0 aromatic heterocycles. The quantitative estimate of drug-likeness (QED) is 0.731. The first-order valence-corrected chi connectivity index (χ1v) is 6.40. The van der Waals surface area contributed by atoms with Crippen molar-refractivity contribution in [2.45, 2.75) is 19.2 Å². The average Bonchev–Trinajstić information content (AvgIpc) is 2.38. The molecule has 0 saturated carbocycles. The summed E-state index contributed by atoms with van der Waals surface area (Å²) in [6, 6.07) is 14.3. The van der Waals surface area contributed by atoms with Crippen molar-refractivity contribution in [1.29, 1.82) is 0 Å². The van der Waals surface area contributed by atoms with Gasteiger partial charge in [-0.05, 0) is 42.7 Å². The van der Waals surface area contributed by atoms with Crippen LogP contribution in [-0.2, 0) is 0 Å². The Morgan fingerprint density at radius 1 is 1.00 bits per heavy atom. The lowest BCUT2D eigenvalue weighted by Crippen LogP contribution is -1.97. The van der Waals surface area contributed by atoms with Gasteiger partial charge in [0.1, 0.15) is 5.75 Å². The van der Waals surface area contributed by atoms with Crippen molar-refractivity contribution < 1.29 is 4.74 Å². The lowest BCUT2D eigenvalue weighted by molar-refractivity contribution is 0.414. The maximum atomic E-state index is 6.54. The third-order valence-electron chi connectivity index (χ3n) is 3.12. The van der Waals surface area contributed by atoms with E-state index in [1.54, 1.807) is 7.11 Å². The second-order valence-corrected chi connectivity index (χ2v) is 4.93. The van der Waals surface area contributed by atoms with E-state index in [0.717, 1.165) is 22.4 Å². The third-order valence-corrected chi connectivity index (χ3v) is 3.61. The van der Waals surface area contributed by atoms with Gasteiger partial charge in [0.15, 0.2) is 0 Å². The zero-order chi connectivity index (χ0) is 13.1. The number of benzene rings is 2. The Kier molecular flexibility index (Phi) is 3.93. The lowest BCUT2D eigenvalue weighted by atomic mass is 9.99. The van der Waals surface area contributed by atoms with E-state index in [2.05, 4.69) is 38.1 Å². The highest BCUT2D eigenvalue weighted by atomic mass is 35.5. The van der Waals surface area contributed by atoms with E-state index in [9.17, 15) is 0 Å². The van der Waals surface area contributed by atoms with Gasteiger partial charge in [0.2, 0.25) is 0 Å². The SMILES string of the molecule is COc1ccc(C(Cl)c2ccc(C)cc2)c(C)c1. The molecule has 0 amide bonds. The van der Waals surface area contributed by atoms with Gasteiger partial charge in [-0.3, -0.25) is 0 Å². The molecule has 0 aliphatic heterocycles. The van der Waals surface area contributed by atoms with Gasteiger partial charge in [-0.25, -0.2) is 0 Å². The van der Waals surface area contributed by atoms with Gasteiger partial charge in [-0.15, -0.1) is 11.6 Å². The molecule has 0 aliphatic carbocycles. The number of hydrogen-bond donors (Lipinski definition) is 0. The number of rotatable bonds is 3. The van der Waals surface area contributed by atoms with Gasteiger partial charge in [0.25, 0.3) is 0 Å². The van der Waals surface area contributed by atoms with Crippen LogP contribution >= 0.6 is 11.6 Å². The summed E-state index contributed by atoms with van der Waals surface area (Å²) < 4.78 is 5.21. The molecule has 94 valence electrons. The number of ether oxygens (including phenoxy) is 1. The first-order chi connectivity index (χ1) is 8.61. The van der Waals surface area contributed by atoms with Crippen LogP contribution in [0.4, 0.5) is 0 Å². The van der Waals surface area contributed by atoms with Gasteiger partial charge in [-0.2, -0.15) is 0 Å². The average molecular weight is 261 g/mol. The zero-order valence-corrected chi connectivity index (χ0v) is 11.7. The zero-order valence-electron chi connectivity index (χ0n) is 10.9. The Labute approximate surface area is 113 Å². The third kappa shape index (κ3) is 2.68. The predicted molar refractivity (Wildman–Crippen MR) is 76.6 cm³/mol. The summed E-state index contributed by atoms with van der Waals surface area (Å²) in [5.41, 5.74) is 4.64. The lowest BCUT2D eigenvalue weighted by Gasteiger charge is -2.14. The van der Waals surface area contributed by atoms with Crippen LogP contribution in [0.1, 0.15) is 27.6 Å². The summed E-state index contributed by atoms with van der Waals surface area (Å²) in [6.45, 7) is 4.13. The van der Waals surface area contributed by atoms with Crippen LogP contribution in [0.2, 0.25) is 0 Å². The fraction of sp³-hybridized carbons (Fsp3) is 0.250. The standard InChI is InChI=1S/C16H17ClO/c1-11-4-6-13(7-5-11)16(17)15-9-8-14(18-3)10-12(15)2/h4-10,16H,1-3H3. The van der Waals surface area contributed by atoms with Crippen LogP contribution in [-0.4, -0.2) is 7.11 Å². The smallest absolute Gasteiger partial charge is 0.119 e. The molecule has 1 unspecified atom stereocenters. The molecular formula is C16H17ClO. The highest BCUT2D eigenvalue weighted by Gasteiger charge is 2.13. The van der Waals surface area contributed by atoms with Crippen LogP contribution in [0.15, 0.2) is 42.5 Å². The first kappa shape index (κ1) is 13.0. The molecule has 18 heavy (non-hydrogen) atoms. The Hall–Kier alpha value is -1.47. The van der Waals surface area contributed by atoms with Crippen molar-refractivity contribution >= 4 is 11.6 Å². The first-order valence-electron chi connectivity index (χ1n) is 5.97. The Morgan fingerprint density at radius 3 is 2.22 bits per heavy atom. The maximum absolute atomic E-state index is 6.54. The van der Waals surface area contributed by atoms with Crippen molar-refractivity contribution in [1.82, 2.24) is 0 Å². The summed E-state index contributed by atoms with van der Waals surface area (Å²) in [6.07, 6.45) is 0. The van der Waals surface area contributed by atoms with Crippen LogP contribution in [0.25, 0.3) is 0 Å². The molecule has 2 heteroatoms. The summed E-state index contributed by atoms with van der Waals surface area (Å²) in [4.78, 5) is 0. The highest BCUT2D eigenvalue weighted by molar-refractivity contribution is 6.22. The monoisotopic (exact) mass is 260 g/mol. The van der Waals surface area contributed by atoms with Crippen LogP contribution in [0, 0.1) is 13.8 Å². The molecule has 2 rings (SSSR count). The van der Waals surface area contributed by atoms with E-state index in [4.69, 9.17) is 16.3 Å². The molecular weight excluding hydrogens is 244 g/mol. The van der Waals surface area contributed by atoms with Crippen LogP contribution < -0.4 is 4.74 Å². The second-order valence-electron chi connectivity index (χ2n) is 4.50. The molecule has 0 spiro atoms. The molecule has 0 saturated heterocycles. The number of aryl methyl sites for hydroxylation is 2. The van der Waals surface area contributed by atoms with Crippen LogP contribution in [0.5, 0.6) is 5.75 Å². The Bertz CT molecular complexity index is 531. The molecule has 2 aromatic rings. The molecule has 0 bridgehead atoms. The normalized spacial score (nSPS) is 12.2. The van der Waals surface area contributed by atoms with Crippen molar-refractivity contribution in [3.05, 3.63) is 64.7 Å². The summed E-state index contributed by atoms with van der Waals surface area (Å²) >= 11 is 6.54. The van der Waals surface area contributed by atoms with Gasteiger partial charge in [0, 0.05) is 0 Å². The number of methoxy groups -OCH3 is 1. The molecule has 0 aliphatic rings. The van der Waals surface area contributed by atoms with E-state index >= 15 is 0 Å². The number of hydrogen-bond acceptors (Lipinski definition) is 1. The van der Waals surface area contributed by atoms with Crippen molar-refractivity contribution in [2.24, 2.45) is 0 Å². The predicted octanol–water partition coefficient (Wildman–Crippen LogP) is 4.64. The molecule has 0 N–H and O–H groups in total. The number of alkyl halides is 1. The maximum Gasteiger partial charge on any atom is 0.119 e. The van der Waals surface area contributed by atoms with Crippen molar-refractivity contribution in [3.8, 4) is 5.75 Å². The Balaban J connectivity index is 2.33. The van der Waals surface area contributed by atoms with E-state index in [1.807, 2.05) is 18.2 Å². The van der Waals surface area contributed by atoms with Gasteiger partial charge in [0.05, 0.1) is 12.5 Å². The summed E-state index contributed by atoms with van der Waals surface area (Å²) in [7, 11) is 1.67. The minimum absolute atomic E-state index is 0.114. The minimum Gasteiger partial charge on any atom is -0.497 e. The highest BCUT2D eigenvalue weighted by Crippen LogP contribution is 2.32. The van der Waals surface area contributed by atoms with E-state index in [0.29, 0.717) is 0 Å². The Morgan fingerprint density at radius 2 is 1.67 bits per heavy atom. The summed E-state index contributed by atoms with van der Waals surface area (Å²) in [5, 5.41) is -0.114. The molecule has 0 radical (unpaired) electrons. The fourth-order valence-electron chi connectivity index (χ4n) is 1.97. The van der Waals surface area contributed by atoms with E-state index in [1.165, 1.54) is 5.56 Å². The van der Waals surface area contributed by atoms with Gasteiger partial charge in [-0.1, -0.05) is 35.9 Å². The minimum atomic E-state index is -0.114. The van der Waals surface area contributed by atoms with Crippen LogP contribution in [0.3, 0.4) is 0 Å². The van der Waals surface area contributed by atoms with E-state index in [-0.39, 0.29) is 5.38 Å². The topological polar surface area (TPSA) is 9.23 Å². The molecule has 1 atom stereocenters. The number of halogens is 1. The summed E-state index contributed by atoms with van der Waals surface area (Å²) in [5.74, 6) is 0.865. The van der Waals surface area contributed by atoms with Crippen molar-refractivity contribution in [2.75, 3.05) is 7.11 Å². The largest absolute Gasteiger partial charge is 0.497 e. The van der Waals surface area contributed by atoms with Gasteiger partial charge >= 0.3 is 0 Å². The fourth-order valence-corrected chi connectivity index (χ4v) is 2.36.